The molecule has 0 saturated carbocycles. The van der Waals surface area contributed by atoms with Crippen molar-refractivity contribution in [2.24, 2.45) is 0 Å². The van der Waals surface area contributed by atoms with E-state index in [1.807, 2.05) is 13.2 Å². The first-order valence-electron chi connectivity index (χ1n) is 5.72. The Kier molecular flexibility index (Phi) is 5.84. The summed E-state index contributed by atoms with van der Waals surface area (Å²) in [5.74, 6) is -1.08. The minimum absolute atomic E-state index is 0.0648. The van der Waals surface area contributed by atoms with Crippen LogP contribution >= 0.6 is 11.8 Å². The van der Waals surface area contributed by atoms with E-state index in [0.717, 1.165) is 6.42 Å². The molecule has 19 heavy (non-hydrogen) atoms. The number of hydrogen-bond donors (Lipinski definition) is 2. The quantitative estimate of drug-likeness (QED) is 0.802. The third kappa shape index (κ3) is 4.85. The van der Waals surface area contributed by atoms with Crippen molar-refractivity contribution in [1.29, 1.82) is 0 Å². The minimum Gasteiger partial charge on any atom is -0.478 e. The fourth-order valence-electron chi connectivity index (χ4n) is 1.37. The Labute approximate surface area is 117 Å². The van der Waals surface area contributed by atoms with Crippen LogP contribution in [0.5, 0.6) is 0 Å². The predicted molar refractivity (Wildman–Crippen MR) is 76.2 cm³/mol. The molecule has 0 aliphatic rings. The molecule has 0 radical (unpaired) electrons. The lowest BCUT2D eigenvalue weighted by Gasteiger charge is -2.10. The van der Waals surface area contributed by atoms with Gasteiger partial charge < -0.3 is 5.11 Å². The number of rotatable bonds is 7. The van der Waals surface area contributed by atoms with Crippen molar-refractivity contribution in [1.82, 2.24) is 4.72 Å². The van der Waals surface area contributed by atoms with Crippen LogP contribution in [0, 0.1) is 0 Å². The van der Waals surface area contributed by atoms with E-state index in [2.05, 4.69) is 4.72 Å². The Balaban J connectivity index is 2.69. The zero-order chi connectivity index (χ0) is 14.5. The van der Waals surface area contributed by atoms with E-state index in [0.29, 0.717) is 11.8 Å². The molecule has 0 heterocycles. The normalized spacial score (nSPS) is 13.2. The molecule has 0 spiro atoms. The molecule has 0 saturated heterocycles. The smallest absolute Gasteiger partial charge is 0.335 e. The molecule has 0 fully saturated rings. The predicted octanol–water partition coefficient (Wildman–Crippen LogP) is 1.80. The van der Waals surface area contributed by atoms with Crippen LogP contribution in [0.2, 0.25) is 0 Å². The topological polar surface area (TPSA) is 83.5 Å². The van der Waals surface area contributed by atoms with Crippen molar-refractivity contribution in [3.05, 3.63) is 29.8 Å². The van der Waals surface area contributed by atoms with Crippen molar-refractivity contribution in [3.63, 3.8) is 0 Å². The lowest BCUT2D eigenvalue weighted by atomic mass is 10.2. The molecule has 1 aromatic carbocycles. The first-order chi connectivity index (χ1) is 8.86. The summed E-state index contributed by atoms with van der Waals surface area (Å²) >= 11 is 1.68. The Morgan fingerprint density at radius 2 is 1.95 bits per heavy atom. The van der Waals surface area contributed by atoms with Gasteiger partial charge in [0.05, 0.1) is 10.5 Å². The highest BCUT2D eigenvalue weighted by Gasteiger charge is 2.14. The lowest BCUT2D eigenvalue weighted by Crippen LogP contribution is -2.26. The van der Waals surface area contributed by atoms with Gasteiger partial charge in [-0.25, -0.2) is 17.9 Å². The summed E-state index contributed by atoms with van der Waals surface area (Å²) < 4.78 is 26.3. The summed E-state index contributed by atoms with van der Waals surface area (Å²) in [7, 11) is -3.56. The monoisotopic (exact) mass is 303 g/mol. The SMILES string of the molecule is CSC(C)CCNS(=O)(=O)c1ccc(C(=O)O)cc1. The second kappa shape index (κ2) is 6.93. The van der Waals surface area contributed by atoms with Crippen LogP contribution in [0.15, 0.2) is 29.2 Å². The van der Waals surface area contributed by atoms with Gasteiger partial charge in [0.2, 0.25) is 10.0 Å². The Morgan fingerprint density at radius 1 is 1.37 bits per heavy atom. The van der Waals surface area contributed by atoms with E-state index in [1.54, 1.807) is 11.8 Å². The van der Waals surface area contributed by atoms with Crippen LogP contribution in [0.1, 0.15) is 23.7 Å². The van der Waals surface area contributed by atoms with Gasteiger partial charge in [-0.15, -0.1) is 0 Å². The number of carbonyl (C=O) groups is 1. The zero-order valence-corrected chi connectivity index (χ0v) is 12.4. The van der Waals surface area contributed by atoms with E-state index in [9.17, 15) is 13.2 Å². The van der Waals surface area contributed by atoms with Gasteiger partial charge in [0, 0.05) is 11.8 Å². The van der Waals surface area contributed by atoms with E-state index < -0.39 is 16.0 Å². The largest absolute Gasteiger partial charge is 0.478 e. The Bertz CT molecular complexity index is 525. The standard InChI is InChI=1S/C12H17NO4S2/c1-9(18-2)7-8-13-19(16,17)11-5-3-10(4-6-11)12(14)15/h3-6,9,13H,7-8H2,1-2H3,(H,14,15). The van der Waals surface area contributed by atoms with E-state index in [1.165, 1.54) is 24.3 Å². The molecular weight excluding hydrogens is 286 g/mol. The number of nitrogens with one attached hydrogen (secondary N) is 1. The number of carboxylic acid groups (broad SMARTS) is 1. The molecule has 106 valence electrons. The molecular formula is C12H17NO4S2. The molecule has 0 aliphatic heterocycles. The molecule has 1 atom stereocenters. The molecule has 1 aromatic rings. The molecule has 5 nitrogen and oxygen atoms in total. The second-order valence-electron chi connectivity index (χ2n) is 4.06. The van der Waals surface area contributed by atoms with Gasteiger partial charge in [-0.2, -0.15) is 11.8 Å². The van der Waals surface area contributed by atoms with Crippen LogP contribution in [0.4, 0.5) is 0 Å². The van der Waals surface area contributed by atoms with E-state index >= 15 is 0 Å². The molecule has 7 heteroatoms. The summed E-state index contributed by atoms with van der Waals surface area (Å²) in [6.45, 7) is 2.39. The molecule has 0 bridgehead atoms. The fraction of sp³-hybridized carbons (Fsp3) is 0.417. The van der Waals surface area contributed by atoms with Crippen LogP contribution < -0.4 is 4.72 Å². The number of thioether (sulfide) groups is 1. The zero-order valence-electron chi connectivity index (χ0n) is 10.8. The van der Waals surface area contributed by atoms with Gasteiger partial charge >= 0.3 is 5.97 Å². The molecule has 2 N–H and O–H groups in total. The first-order valence-corrected chi connectivity index (χ1v) is 8.49. The van der Waals surface area contributed by atoms with Crippen molar-refractivity contribution < 1.29 is 18.3 Å². The van der Waals surface area contributed by atoms with Crippen molar-refractivity contribution in [2.45, 2.75) is 23.5 Å². The van der Waals surface area contributed by atoms with E-state index in [-0.39, 0.29) is 10.5 Å². The number of benzene rings is 1. The van der Waals surface area contributed by atoms with Gasteiger partial charge in [0.25, 0.3) is 0 Å². The summed E-state index contributed by atoms with van der Waals surface area (Å²) in [6, 6.07) is 5.15. The van der Waals surface area contributed by atoms with Crippen molar-refractivity contribution in [3.8, 4) is 0 Å². The maximum absolute atomic E-state index is 11.9. The molecule has 1 rings (SSSR count). The van der Waals surface area contributed by atoms with Crippen LogP contribution in [-0.4, -0.2) is 37.5 Å². The molecule has 1 unspecified atom stereocenters. The highest BCUT2D eigenvalue weighted by molar-refractivity contribution is 7.99. The summed E-state index contributed by atoms with van der Waals surface area (Å²) in [4.78, 5) is 10.8. The number of aromatic carboxylic acids is 1. The molecule has 0 aromatic heterocycles. The highest BCUT2D eigenvalue weighted by Crippen LogP contribution is 2.12. The van der Waals surface area contributed by atoms with Crippen molar-refractivity contribution in [2.75, 3.05) is 12.8 Å². The summed E-state index contributed by atoms with van der Waals surface area (Å²) in [5, 5.41) is 9.13. The van der Waals surface area contributed by atoms with Gasteiger partial charge in [-0.1, -0.05) is 6.92 Å². The minimum atomic E-state index is -3.56. The third-order valence-electron chi connectivity index (χ3n) is 2.66. The highest BCUT2D eigenvalue weighted by atomic mass is 32.2. The van der Waals surface area contributed by atoms with Gasteiger partial charge in [0.1, 0.15) is 0 Å². The maximum atomic E-state index is 11.9. The fourth-order valence-corrected chi connectivity index (χ4v) is 2.78. The Hall–Kier alpha value is -1.05. The van der Waals surface area contributed by atoms with Crippen LogP contribution in [-0.2, 0) is 10.0 Å². The summed E-state index contributed by atoms with van der Waals surface area (Å²) in [6.07, 6.45) is 2.72. The Morgan fingerprint density at radius 3 is 2.42 bits per heavy atom. The second-order valence-corrected chi connectivity index (χ2v) is 7.11. The van der Waals surface area contributed by atoms with Gasteiger partial charge in [0.15, 0.2) is 0 Å². The number of hydrogen-bond acceptors (Lipinski definition) is 4. The maximum Gasteiger partial charge on any atom is 0.335 e. The van der Waals surface area contributed by atoms with E-state index in [4.69, 9.17) is 5.11 Å². The average molecular weight is 303 g/mol. The van der Waals surface area contributed by atoms with Crippen LogP contribution in [0.25, 0.3) is 0 Å². The number of carboxylic acids is 1. The average Bonchev–Trinajstić information content (AvgIpc) is 2.38. The first kappa shape index (κ1) is 16.0. The van der Waals surface area contributed by atoms with Gasteiger partial charge in [-0.05, 0) is 36.9 Å². The third-order valence-corrected chi connectivity index (χ3v) is 5.17. The number of sulfonamides is 1. The summed E-state index contributed by atoms with van der Waals surface area (Å²) in [5.41, 5.74) is 0.0648. The van der Waals surface area contributed by atoms with Crippen LogP contribution in [0.3, 0.4) is 0 Å². The molecule has 0 amide bonds. The van der Waals surface area contributed by atoms with Gasteiger partial charge in [-0.3, -0.25) is 0 Å². The van der Waals surface area contributed by atoms with Crippen molar-refractivity contribution >= 4 is 27.8 Å². The molecule has 0 aliphatic carbocycles. The lowest BCUT2D eigenvalue weighted by molar-refractivity contribution is 0.0696.